The molecular formula is C21H27ClN2O5S. The molecule has 30 heavy (non-hydrogen) atoms. The maximum atomic E-state index is 12.4. The van der Waals surface area contributed by atoms with Crippen molar-refractivity contribution in [1.29, 1.82) is 0 Å². The number of ether oxygens (including phenoxy) is 2. The van der Waals surface area contributed by atoms with Crippen LogP contribution in [0.3, 0.4) is 0 Å². The van der Waals surface area contributed by atoms with Crippen LogP contribution in [-0.2, 0) is 19.6 Å². The number of halogens is 1. The molecule has 0 aliphatic rings. The highest BCUT2D eigenvalue weighted by Gasteiger charge is 2.17. The number of hydrogen-bond acceptors (Lipinski definition) is 5. The summed E-state index contributed by atoms with van der Waals surface area (Å²) in [6.07, 6.45) is 0. The van der Waals surface area contributed by atoms with Crippen molar-refractivity contribution in [3.05, 3.63) is 52.5 Å². The van der Waals surface area contributed by atoms with Crippen LogP contribution < -0.4 is 14.8 Å². The number of rotatable bonds is 10. The van der Waals surface area contributed by atoms with Crippen LogP contribution in [0.5, 0.6) is 5.75 Å². The molecule has 0 aliphatic carbocycles. The Kier molecular flexibility index (Phi) is 8.66. The van der Waals surface area contributed by atoms with Gasteiger partial charge < -0.3 is 14.8 Å². The first-order valence-corrected chi connectivity index (χ1v) is 11.3. The molecule has 164 valence electrons. The molecular weight excluding hydrogens is 428 g/mol. The first kappa shape index (κ1) is 24.1. The van der Waals surface area contributed by atoms with Gasteiger partial charge in [-0.1, -0.05) is 43.6 Å². The number of para-hydroxylation sites is 1. The minimum atomic E-state index is -3.71. The second kappa shape index (κ2) is 10.8. The number of sulfonamides is 1. The lowest BCUT2D eigenvalue weighted by Gasteiger charge is -2.17. The van der Waals surface area contributed by atoms with Gasteiger partial charge in [-0.15, -0.1) is 0 Å². The van der Waals surface area contributed by atoms with E-state index in [0.717, 1.165) is 16.8 Å². The molecule has 0 fully saturated rings. The highest BCUT2D eigenvalue weighted by atomic mass is 35.5. The van der Waals surface area contributed by atoms with Crippen molar-refractivity contribution >= 4 is 33.2 Å². The van der Waals surface area contributed by atoms with Crippen LogP contribution in [0, 0.1) is 6.92 Å². The van der Waals surface area contributed by atoms with Crippen LogP contribution in [0.25, 0.3) is 0 Å². The van der Waals surface area contributed by atoms with Gasteiger partial charge in [0, 0.05) is 19.3 Å². The Bertz CT molecular complexity index is 993. The van der Waals surface area contributed by atoms with Gasteiger partial charge in [0.1, 0.15) is 5.75 Å². The number of carbonyl (C=O) groups excluding carboxylic acids is 1. The van der Waals surface area contributed by atoms with Gasteiger partial charge in [-0.25, -0.2) is 13.1 Å². The van der Waals surface area contributed by atoms with Gasteiger partial charge in [-0.05, 0) is 42.2 Å². The molecule has 2 N–H and O–H groups in total. The van der Waals surface area contributed by atoms with E-state index in [0.29, 0.717) is 0 Å². The average molecular weight is 455 g/mol. The minimum absolute atomic E-state index is 0.00175. The van der Waals surface area contributed by atoms with Crippen molar-refractivity contribution in [3.63, 3.8) is 0 Å². The lowest BCUT2D eigenvalue weighted by Crippen LogP contribution is -2.27. The first-order chi connectivity index (χ1) is 14.2. The second-order valence-electron chi connectivity index (χ2n) is 7.01. The van der Waals surface area contributed by atoms with Crippen molar-refractivity contribution in [1.82, 2.24) is 4.72 Å². The molecule has 2 aromatic rings. The zero-order valence-electron chi connectivity index (χ0n) is 17.5. The third-order valence-electron chi connectivity index (χ3n) is 4.36. The van der Waals surface area contributed by atoms with E-state index in [4.69, 9.17) is 21.1 Å². The van der Waals surface area contributed by atoms with Crippen LogP contribution in [0.15, 0.2) is 41.3 Å². The number of carbonyl (C=O) groups is 1. The third-order valence-corrected chi connectivity index (χ3v) is 6.12. The van der Waals surface area contributed by atoms with Crippen molar-refractivity contribution in [2.24, 2.45) is 0 Å². The van der Waals surface area contributed by atoms with Gasteiger partial charge in [-0.3, -0.25) is 4.79 Å². The fourth-order valence-electron chi connectivity index (χ4n) is 2.79. The Morgan fingerprint density at radius 1 is 1.20 bits per heavy atom. The largest absolute Gasteiger partial charge is 0.482 e. The van der Waals surface area contributed by atoms with Crippen molar-refractivity contribution in [2.75, 3.05) is 32.2 Å². The van der Waals surface area contributed by atoms with Crippen LogP contribution in [0.1, 0.15) is 30.9 Å². The normalized spacial score (nSPS) is 11.5. The van der Waals surface area contributed by atoms with Crippen molar-refractivity contribution in [3.8, 4) is 5.75 Å². The Morgan fingerprint density at radius 2 is 1.93 bits per heavy atom. The van der Waals surface area contributed by atoms with E-state index in [1.807, 2.05) is 25.1 Å². The zero-order chi connectivity index (χ0) is 22.3. The van der Waals surface area contributed by atoms with Crippen LogP contribution in [0.4, 0.5) is 5.69 Å². The summed E-state index contributed by atoms with van der Waals surface area (Å²) in [7, 11) is -2.23. The molecule has 9 heteroatoms. The molecule has 1 amide bonds. The zero-order valence-corrected chi connectivity index (χ0v) is 19.1. The van der Waals surface area contributed by atoms with Gasteiger partial charge in [-0.2, -0.15) is 0 Å². The lowest BCUT2D eigenvalue weighted by atomic mass is 9.98. The van der Waals surface area contributed by atoms with Crippen LogP contribution in [-0.4, -0.2) is 41.2 Å². The molecule has 0 atom stereocenters. The highest BCUT2D eigenvalue weighted by Crippen LogP contribution is 2.29. The highest BCUT2D eigenvalue weighted by molar-refractivity contribution is 7.89. The van der Waals surface area contributed by atoms with E-state index in [-0.39, 0.29) is 47.3 Å². The quantitative estimate of drug-likeness (QED) is 0.534. The summed E-state index contributed by atoms with van der Waals surface area (Å²) in [5.74, 6) is 0.138. The summed E-state index contributed by atoms with van der Waals surface area (Å²) in [5, 5.41) is 2.98. The molecule has 0 radical (unpaired) electrons. The number of aryl methyl sites for hydroxylation is 1. The van der Waals surface area contributed by atoms with E-state index in [1.54, 1.807) is 0 Å². The number of benzene rings is 2. The maximum absolute atomic E-state index is 12.4. The molecule has 2 rings (SSSR count). The number of methoxy groups -OCH3 is 1. The van der Waals surface area contributed by atoms with Crippen molar-refractivity contribution < 1.29 is 22.7 Å². The Labute approximate surface area is 182 Å². The van der Waals surface area contributed by atoms with Gasteiger partial charge in [0.2, 0.25) is 10.0 Å². The lowest BCUT2D eigenvalue weighted by molar-refractivity contribution is -0.118. The fourth-order valence-corrected chi connectivity index (χ4v) is 4.13. The summed E-state index contributed by atoms with van der Waals surface area (Å²) in [5.41, 5.74) is 2.77. The maximum Gasteiger partial charge on any atom is 0.262 e. The SMILES string of the molecule is COCCNS(=O)(=O)c1ccc(OCC(=O)Nc2c(C)cccc2C(C)C)c(Cl)c1. The predicted octanol–water partition coefficient (Wildman–Crippen LogP) is 3.71. The molecule has 0 heterocycles. The molecule has 0 unspecified atom stereocenters. The standard InChI is InChI=1S/C21H27ClN2O5S/c1-14(2)17-7-5-6-15(3)21(17)24-20(25)13-29-19-9-8-16(12-18(19)22)30(26,27)23-10-11-28-4/h5-9,12,14,23H,10-11,13H2,1-4H3,(H,24,25). The number of anilines is 1. The van der Waals surface area contributed by atoms with E-state index in [1.165, 1.54) is 25.3 Å². The van der Waals surface area contributed by atoms with Gasteiger partial charge in [0.25, 0.3) is 5.91 Å². The Morgan fingerprint density at radius 3 is 2.57 bits per heavy atom. The molecule has 0 bridgehead atoms. The predicted molar refractivity (Wildman–Crippen MR) is 118 cm³/mol. The summed E-state index contributed by atoms with van der Waals surface area (Å²) in [4.78, 5) is 12.4. The van der Waals surface area contributed by atoms with E-state index >= 15 is 0 Å². The number of amides is 1. The summed E-state index contributed by atoms with van der Waals surface area (Å²) >= 11 is 6.16. The Balaban J connectivity index is 2.04. The molecule has 0 saturated heterocycles. The van der Waals surface area contributed by atoms with E-state index < -0.39 is 10.0 Å². The monoisotopic (exact) mass is 454 g/mol. The average Bonchev–Trinajstić information content (AvgIpc) is 2.68. The first-order valence-electron chi connectivity index (χ1n) is 9.46. The molecule has 0 spiro atoms. The molecule has 2 aromatic carbocycles. The molecule has 0 aliphatic heterocycles. The van der Waals surface area contributed by atoms with Crippen LogP contribution >= 0.6 is 11.6 Å². The summed E-state index contributed by atoms with van der Waals surface area (Å²) < 4.78 is 37.2. The smallest absolute Gasteiger partial charge is 0.262 e. The number of hydrogen-bond donors (Lipinski definition) is 2. The van der Waals surface area contributed by atoms with Gasteiger partial charge in [0.15, 0.2) is 6.61 Å². The molecule has 0 saturated carbocycles. The minimum Gasteiger partial charge on any atom is -0.482 e. The van der Waals surface area contributed by atoms with Gasteiger partial charge >= 0.3 is 0 Å². The van der Waals surface area contributed by atoms with E-state index in [9.17, 15) is 13.2 Å². The molecule has 7 nitrogen and oxygen atoms in total. The topological polar surface area (TPSA) is 93.7 Å². The summed E-state index contributed by atoms with van der Waals surface area (Å²) in [6, 6.07) is 9.93. The molecule has 0 aromatic heterocycles. The summed E-state index contributed by atoms with van der Waals surface area (Å²) in [6.45, 7) is 6.18. The second-order valence-corrected chi connectivity index (χ2v) is 9.19. The van der Waals surface area contributed by atoms with Crippen molar-refractivity contribution in [2.45, 2.75) is 31.6 Å². The fraction of sp³-hybridized carbons (Fsp3) is 0.381. The van der Waals surface area contributed by atoms with Crippen LogP contribution in [0.2, 0.25) is 5.02 Å². The van der Waals surface area contributed by atoms with E-state index in [2.05, 4.69) is 23.9 Å². The third kappa shape index (κ3) is 6.43. The Hall–Kier alpha value is -2.13. The van der Waals surface area contributed by atoms with Gasteiger partial charge in [0.05, 0.1) is 16.5 Å². The number of nitrogens with one attached hydrogen (secondary N) is 2.